The summed E-state index contributed by atoms with van der Waals surface area (Å²) in [5.74, 6) is -0.639. The van der Waals surface area contributed by atoms with Gasteiger partial charge in [0.2, 0.25) is 0 Å². The number of alkyl halides is 2. The minimum absolute atomic E-state index is 0.0128. The van der Waals surface area contributed by atoms with Crippen LogP contribution >= 0.6 is 11.6 Å². The standard InChI is InChI=1S/C17H11ClF2N2O2/c18-14-3-1-2-4-15(14)22-16(23)12(10-21)9-11-5-7-13(8-6-11)24-17(19)20/h1-9,17H,(H,22,23)/b12-9+. The summed E-state index contributed by atoms with van der Waals surface area (Å²) in [7, 11) is 0. The molecule has 2 rings (SSSR count). The van der Waals surface area contributed by atoms with E-state index in [2.05, 4.69) is 10.1 Å². The molecule has 24 heavy (non-hydrogen) atoms. The molecule has 0 radical (unpaired) electrons. The highest BCUT2D eigenvalue weighted by atomic mass is 35.5. The van der Waals surface area contributed by atoms with E-state index >= 15 is 0 Å². The van der Waals surface area contributed by atoms with Crippen molar-refractivity contribution in [2.45, 2.75) is 6.61 Å². The van der Waals surface area contributed by atoms with E-state index in [1.165, 1.54) is 30.3 Å². The van der Waals surface area contributed by atoms with Crippen molar-refractivity contribution < 1.29 is 18.3 Å². The van der Waals surface area contributed by atoms with Crippen LogP contribution in [0.15, 0.2) is 54.1 Å². The number of halogens is 3. The van der Waals surface area contributed by atoms with Crippen LogP contribution in [-0.2, 0) is 4.79 Å². The number of anilines is 1. The summed E-state index contributed by atoms with van der Waals surface area (Å²) >= 11 is 5.94. The zero-order valence-corrected chi connectivity index (χ0v) is 12.9. The number of carbonyl (C=O) groups excluding carboxylic acids is 1. The van der Waals surface area contributed by atoms with Crippen molar-refractivity contribution in [3.63, 3.8) is 0 Å². The number of nitriles is 1. The topological polar surface area (TPSA) is 62.1 Å². The monoisotopic (exact) mass is 348 g/mol. The number of amides is 1. The Morgan fingerprint density at radius 2 is 1.88 bits per heavy atom. The summed E-state index contributed by atoms with van der Waals surface area (Å²) < 4.78 is 28.4. The predicted octanol–water partition coefficient (Wildman–Crippen LogP) is 4.49. The van der Waals surface area contributed by atoms with E-state index in [0.29, 0.717) is 16.3 Å². The van der Waals surface area contributed by atoms with Crippen LogP contribution in [0.25, 0.3) is 6.08 Å². The summed E-state index contributed by atoms with van der Waals surface area (Å²) in [6.07, 6.45) is 1.33. The first-order valence-electron chi connectivity index (χ1n) is 6.72. The molecule has 0 saturated heterocycles. The number of carbonyl (C=O) groups is 1. The Morgan fingerprint density at radius 3 is 2.46 bits per heavy atom. The van der Waals surface area contributed by atoms with Crippen LogP contribution in [0.4, 0.5) is 14.5 Å². The number of nitrogens with one attached hydrogen (secondary N) is 1. The molecule has 1 amide bonds. The van der Waals surface area contributed by atoms with E-state index in [4.69, 9.17) is 16.9 Å². The number of ether oxygens (including phenoxy) is 1. The summed E-state index contributed by atoms with van der Waals surface area (Å²) in [4.78, 5) is 12.1. The lowest BCUT2D eigenvalue weighted by molar-refractivity contribution is -0.112. The zero-order valence-electron chi connectivity index (χ0n) is 12.2. The average Bonchev–Trinajstić information content (AvgIpc) is 2.55. The molecule has 2 aromatic rings. The van der Waals surface area contributed by atoms with Gasteiger partial charge in [0.25, 0.3) is 5.91 Å². The SMILES string of the molecule is N#C/C(=C\c1ccc(OC(F)F)cc1)C(=O)Nc1ccccc1Cl. The molecule has 0 fully saturated rings. The van der Waals surface area contributed by atoms with E-state index in [1.807, 2.05) is 0 Å². The second kappa shape index (κ2) is 8.09. The first-order valence-corrected chi connectivity index (χ1v) is 7.10. The first kappa shape index (κ1) is 17.4. The van der Waals surface area contributed by atoms with Crippen LogP contribution in [0.5, 0.6) is 5.75 Å². The highest BCUT2D eigenvalue weighted by molar-refractivity contribution is 6.34. The number of para-hydroxylation sites is 1. The number of benzene rings is 2. The molecule has 0 aromatic heterocycles. The Balaban J connectivity index is 2.15. The fourth-order valence-electron chi connectivity index (χ4n) is 1.81. The molecule has 1 N–H and O–H groups in total. The van der Waals surface area contributed by atoms with Gasteiger partial charge in [0.1, 0.15) is 17.4 Å². The number of nitrogens with zero attached hydrogens (tertiary/aromatic N) is 1. The largest absolute Gasteiger partial charge is 0.435 e. The van der Waals surface area contributed by atoms with E-state index in [0.717, 1.165) is 0 Å². The quantitative estimate of drug-likeness (QED) is 0.639. The van der Waals surface area contributed by atoms with Crippen molar-refractivity contribution in [1.82, 2.24) is 0 Å². The van der Waals surface area contributed by atoms with E-state index in [9.17, 15) is 13.6 Å². The first-order chi connectivity index (χ1) is 11.5. The van der Waals surface area contributed by atoms with Crippen molar-refractivity contribution in [3.8, 4) is 11.8 Å². The van der Waals surface area contributed by atoms with Crippen molar-refractivity contribution in [3.05, 3.63) is 64.7 Å². The van der Waals surface area contributed by atoms with E-state index < -0.39 is 12.5 Å². The third-order valence-corrected chi connectivity index (χ3v) is 3.23. The molecule has 7 heteroatoms. The second-order valence-electron chi connectivity index (χ2n) is 4.55. The molecule has 0 saturated carbocycles. The molecule has 0 spiro atoms. The Hall–Kier alpha value is -2.91. The van der Waals surface area contributed by atoms with Crippen LogP contribution in [0.2, 0.25) is 5.02 Å². The van der Waals surface area contributed by atoms with Crippen LogP contribution < -0.4 is 10.1 Å². The van der Waals surface area contributed by atoms with E-state index in [-0.39, 0.29) is 11.3 Å². The summed E-state index contributed by atoms with van der Waals surface area (Å²) in [6.45, 7) is -2.91. The van der Waals surface area contributed by atoms with Crippen LogP contribution in [-0.4, -0.2) is 12.5 Å². The highest BCUT2D eigenvalue weighted by Gasteiger charge is 2.11. The summed E-state index contributed by atoms with van der Waals surface area (Å²) in [6, 6.07) is 14.0. The highest BCUT2D eigenvalue weighted by Crippen LogP contribution is 2.22. The van der Waals surface area contributed by atoms with Gasteiger partial charge in [0.05, 0.1) is 10.7 Å². The van der Waals surface area contributed by atoms with Crippen LogP contribution in [0, 0.1) is 11.3 Å². The minimum Gasteiger partial charge on any atom is -0.435 e. The summed E-state index contributed by atoms with van der Waals surface area (Å²) in [5, 5.41) is 12.0. The Morgan fingerprint density at radius 1 is 1.21 bits per heavy atom. The number of hydrogen-bond acceptors (Lipinski definition) is 3. The normalized spacial score (nSPS) is 11.0. The van der Waals surface area contributed by atoms with Crippen molar-refractivity contribution >= 4 is 29.3 Å². The third kappa shape index (κ3) is 4.80. The number of hydrogen-bond donors (Lipinski definition) is 1. The molecular formula is C17H11ClF2N2O2. The molecule has 0 heterocycles. The van der Waals surface area contributed by atoms with Gasteiger partial charge in [-0.2, -0.15) is 14.0 Å². The van der Waals surface area contributed by atoms with Gasteiger partial charge in [-0.15, -0.1) is 0 Å². The molecule has 2 aromatic carbocycles. The molecular weight excluding hydrogens is 338 g/mol. The lowest BCUT2D eigenvalue weighted by Crippen LogP contribution is -2.13. The minimum atomic E-state index is -2.91. The zero-order chi connectivity index (χ0) is 17.5. The molecule has 0 bridgehead atoms. The Kier molecular flexibility index (Phi) is 5.88. The predicted molar refractivity (Wildman–Crippen MR) is 86.7 cm³/mol. The van der Waals surface area contributed by atoms with E-state index in [1.54, 1.807) is 30.3 Å². The number of rotatable bonds is 5. The maximum atomic E-state index is 12.1. The molecule has 0 aliphatic heterocycles. The van der Waals surface area contributed by atoms with Gasteiger partial charge in [-0.3, -0.25) is 4.79 Å². The fourth-order valence-corrected chi connectivity index (χ4v) is 2.00. The van der Waals surface area contributed by atoms with Gasteiger partial charge in [0, 0.05) is 0 Å². The lowest BCUT2D eigenvalue weighted by atomic mass is 10.1. The van der Waals surface area contributed by atoms with Crippen molar-refractivity contribution in [2.75, 3.05) is 5.32 Å². The molecule has 122 valence electrons. The van der Waals surface area contributed by atoms with Gasteiger partial charge in [0.15, 0.2) is 0 Å². The molecule has 4 nitrogen and oxygen atoms in total. The summed E-state index contributed by atoms with van der Waals surface area (Å²) in [5.41, 5.74) is 0.714. The maximum absolute atomic E-state index is 12.1. The van der Waals surface area contributed by atoms with Crippen molar-refractivity contribution in [2.24, 2.45) is 0 Å². The molecule has 0 aliphatic carbocycles. The molecule has 0 unspecified atom stereocenters. The maximum Gasteiger partial charge on any atom is 0.387 e. The molecule has 0 aliphatic rings. The lowest BCUT2D eigenvalue weighted by Gasteiger charge is -2.06. The smallest absolute Gasteiger partial charge is 0.387 e. The van der Waals surface area contributed by atoms with Gasteiger partial charge in [-0.1, -0.05) is 35.9 Å². The van der Waals surface area contributed by atoms with Gasteiger partial charge in [-0.25, -0.2) is 0 Å². The van der Waals surface area contributed by atoms with Gasteiger partial charge in [-0.05, 0) is 35.9 Å². The average molecular weight is 349 g/mol. The van der Waals surface area contributed by atoms with Crippen molar-refractivity contribution in [1.29, 1.82) is 5.26 Å². The second-order valence-corrected chi connectivity index (χ2v) is 4.96. The molecule has 0 atom stereocenters. The van der Waals surface area contributed by atoms with Crippen LogP contribution in [0.1, 0.15) is 5.56 Å². The van der Waals surface area contributed by atoms with Crippen LogP contribution in [0.3, 0.4) is 0 Å². The third-order valence-electron chi connectivity index (χ3n) is 2.90. The van der Waals surface area contributed by atoms with Gasteiger partial charge < -0.3 is 10.1 Å². The fraction of sp³-hybridized carbons (Fsp3) is 0.0588. The Bertz CT molecular complexity index is 799. The Labute approximate surface area is 141 Å². The van der Waals surface area contributed by atoms with Gasteiger partial charge >= 0.3 is 6.61 Å².